The number of rotatable bonds is 14. The molecular weight excluding hydrogens is 612 g/mol. The van der Waals surface area contributed by atoms with Crippen LogP contribution in [0.3, 0.4) is 0 Å². The molecule has 0 unspecified atom stereocenters. The van der Waals surface area contributed by atoms with Gasteiger partial charge in [0.05, 0.1) is 12.5 Å². The van der Waals surface area contributed by atoms with Gasteiger partial charge in [-0.25, -0.2) is 0 Å². The largest absolute Gasteiger partial charge is 0.511 e. The minimum atomic E-state index is -1.68. The number of allylic oxidation sites excluding steroid dienone is 3. The Morgan fingerprint density at radius 1 is 0.681 bits per heavy atom. The van der Waals surface area contributed by atoms with Gasteiger partial charge in [0, 0.05) is 60.4 Å². The van der Waals surface area contributed by atoms with Crippen molar-refractivity contribution in [3.63, 3.8) is 0 Å². The van der Waals surface area contributed by atoms with Crippen LogP contribution in [0.5, 0.6) is 34.5 Å². The summed E-state index contributed by atoms with van der Waals surface area (Å²) in [6.45, 7) is 7.79. The Morgan fingerprint density at radius 2 is 1.15 bits per heavy atom. The molecule has 0 radical (unpaired) electrons. The highest BCUT2D eigenvalue weighted by molar-refractivity contribution is 6.24. The highest BCUT2D eigenvalue weighted by Gasteiger charge is 2.45. The Labute approximate surface area is 272 Å². The average Bonchev–Trinajstić information content (AvgIpc) is 2.99. The van der Waals surface area contributed by atoms with Crippen molar-refractivity contribution in [3.8, 4) is 34.5 Å². The fraction of sp³-hybridized carbons (Fsp3) is 0.429. The number of ketones is 4. The predicted molar refractivity (Wildman–Crippen MR) is 171 cm³/mol. The fourth-order valence-corrected chi connectivity index (χ4v) is 5.72. The van der Waals surface area contributed by atoms with Gasteiger partial charge in [-0.15, -0.1) is 0 Å². The summed E-state index contributed by atoms with van der Waals surface area (Å²) in [5, 5.41) is 78.2. The van der Waals surface area contributed by atoms with E-state index in [0.29, 0.717) is 19.3 Å². The Kier molecular flexibility index (Phi) is 11.0. The number of phenols is 5. The molecule has 0 heterocycles. The summed E-state index contributed by atoms with van der Waals surface area (Å²) in [5.41, 5.74) is -4.60. The molecule has 12 heteroatoms. The zero-order chi connectivity index (χ0) is 35.5. The first-order chi connectivity index (χ1) is 22.0. The summed E-state index contributed by atoms with van der Waals surface area (Å²) in [6.07, 6.45) is -0.435. The van der Waals surface area contributed by atoms with Crippen molar-refractivity contribution < 1.29 is 59.7 Å². The maximum atomic E-state index is 13.2. The molecule has 0 fully saturated rings. The molecule has 1 aliphatic rings. The summed E-state index contributed by atoms with van der Waals surface area (Å²) in [6, 6.07) is 1.08. The van der Waals surface area contributed by atoms with E-state index in [0.717, 1.165) is 6.07 Å². The summed E-state index contributed by atoms with van der Waals surface area (Å²) < 4.78 is 5.31. The number of hydrogen-bond acceptors (Lipinski definition) is 12. The molecule has 0 saturated carbocycles. The average molecular weight is 655 g/mol. The molecule has 0 atom stereocenters. The third kappa shape index (κ3) is 6.49. The van der Waals surface area contributed by atoms with Gasteiger partial charge in [-0.05, 0) is 33.1 Å². The molecule has 0 aromatic heterocycles. The van der Waals surface area contributed by atoms with Gasteiger partial charge in [-0.1, -0.05) is 20.8 Å². The quantitative estimate of drug-likeness (QED) is 0.0932. The van der Waals surface area contributed by atoms with Crippen LogP contribution in [0.15, 0.2) is 28.7 Å². The summed E-state index contributed by atoms with van der Waals surface area (Å²) in [4.78, 5) is 52.1. The number of Topliss-reactive ketones (excluding diaryl/α,β-unsaturated/α-hetero) is 4. The molecule has 2 aromatic carbocycles. The van der Waals surface area contributed by atoms with Crippen LogP contribution in [0.4, 0.5) is 0 Å². The molecule has 2 aromatic rings. The van der Waals surface area contributed by atoms with E-state index in [2.05, 4.69) is 0 Å². The van der Waals surface area contributed by atoms with Crippen molar-refractivity contribution in [3.05, 3.63) is 56.5 Å². The second kappa shape index (κ2) is 14.2. The van der Waals surface area contributed by atoms with Crippen LogP contribution >= 0.6 is 0 Å². The first-order valence-electron chi connectivity index (χ1n) is 15.4. The van der Waals surface area contributed by atoms with E-state index in [1.807, 2.05) is 0 Å². The molecule has 3 rings (SSSR count). The van der Waals surface area contributed by atoms with Crippen LogP contribution in [0.1, 0.15) is 111 Å². The number of benzene rings is 2. The molecule has 0 amide bonds. The van der Waals surface area contributed by atoms with Gasteiger partial charge in [0.15, 0.2) is 23.1 Å². The Hall–Kier alpha value is -5.00. The number of aliphatic hydroxyl groups is 2. The lowest BCUT2D eigenvalue weighted by atomic mass is 9.73. The van der Waals surface area contributed by atoms with E-state index in [1.54, 1.807) is 20.8 Å². The summed E-state index contributed by atoms with van der Waals surface area (Å²) >= 11 is 0. The third-order valence-corrected chi connectivity index (χ3v) is 8.35. The van der Waals surface area contributed by atoms with E-state index < -0.39 is 109 Å². The fourth-order valence-electron chi connectivity index (χ4n) is 5.72. The third-order valence-electron chi connectivity index (χ3n) is 8.35. The van der Waals surface area contributed by atoms with Gasteiger partial charge in [0.2, 0.25) is 0 Å². The van der Waals surface area contributed by atoms with Gasteiger partial charge in [-0.2, -0.15) is 0 Å². The minimum absolute atomic E-state index is 0.0143. The van der Waals surface area contributed by atoms with Crippen molar-refractivity contribution in [2.45, 2.75) is 86.0 Å². The van der Waals surface area contributed by atoms with Crippen LogP contribution in [0.2, 0.25) is 0 Å². The molecule has 12 nitrogen and oxygen atoms in total. The van der Waals surface area contributed by atoms with E-state index >= 15 is 0 Å². The number of methoxy groups -OCH3 is 1. The minimum Gasteiger partial charge on any atom is -0.511 e. The van der Waals surface area contributed by atoms with E-state index in [1.165, 1.54) is 21.0 Å². The monoisotopic (exact) mass is 654 g/mol. The highest BCUT2D eigenvalue weighted by Crippen LogP contribution is 2.49. The Morgan fingerprint density at radius 3 is 1.66 bits per heavy atom. The second-order valence-corrected chi connectivity index (χ2v) is 12.1. The van der Waals surface area contributed by atoms with Crippen molar-refractivity contribution in [2.75, 3.05) is 7.11 Å². The van der Waals surface area contributed by atoms with Gasteiger partial charge < -0.3 is 40.5 Å². The van der Waals surface area contributed by atoms with Gasteiger partial charge in [0.25, 0.3) is 0 Å². The lowest BCUT2D eigenvalue weighted by molar-refractivity contribution is -0.127. The molecule has 254 valence electrons. The molecule has 47 heavy (non-hydrogen) atoms. The SMILES string of the molecule is CCCC(=O)C1=C(O)C(Cc2c(O)c(Cc3c(OC)cc(O)c(C(=O)CCC)c3O)c(O)c(C(=O)CCC)c2O)=C(O)C(C)(C)C1=O. The smallest absolute Gasteiger partial charge is 0.183 e. The molecule has 0 saturated heterocycles. The van der Waals surface area contributed by atoms with E-state index in [-0.39, 0.29) is 36.1 Å². The topological polar surface area (TPSA) is 219 Å². The lowest BCUT2D eigenvalue weighted by Crippen LogP contribution is -2.36. The second-order valence-electron chi connectivity index (χ2n) is 12.1. The molecule has 7 N–H and O–H groups in total. The molecule has 0 spiro atoms. The molecule has 0 bridgehead atoms. The number of aliphatic hydroxyl groups excluding tert-OH is 2. The van der Waals surface area contributed by atoms with Crippen LogP contribution in [0, 0.1) is 5.41 Å². The number of phenolic OH excluding ortho intramolecular Hbond substituents is 5. The van der Waals surface area contributed by atoms with Gasteiger partial charge >= 0.3 is 0 Å². The van der Waals surface area contributed by atoms with Gasteiger partial charge in [0.1, 0.15) is 62.7 Å². The number of aromatic hydroxyl groups is 5. The molecule has 1 aliphatic carbocycles. The van der Waals surface area contributed by atoms with Crippen molar-refractivity contribution in [2.24, 2.45) is 5.41 Å². The Balaban J connectivity index is 2.38. The van der Waals surface area contributed by atoms with Crippen LogP contribution in [-0.2, 0) is 22.4 Å². The lowest BCUT2D eigenvalue weighted by Gasteiger charge is -2.31. The van der Waals surface area contributed by atoms with Crippen molar-refractivity contribution in [1.29, 1.82) is 0 Å². The van der Waals surface area contributed by atoms with E-state index in [4.69, 9.17) is 4.74 Å². The number of hydrogen-bond donors (Lipinski definition) is 7. The van der Waals surface area contributed by atoms with Crippen LogP contribution in [0.25, 0.3) is 0 Å². The predicted octanol–water partition coefficient (Wildman–Crippen LogP) is 5.92. The van der Waals surface area contributed by atoms with Crippen LogP contribution in [-0.4, -0.2) is 66.0 Å². The molecular formula is C35H42O12. The van der Waals surface area contributed by atoms with Gasteiger partial charge in [-0.3, -0.25) is 19.2 Å². The van der Waals surface area contributed by atoms with Crippen LogP contribution < -0.4 is 4.74 Å². The first kappa shape index (κ1) is 36.5. The maximum Gasteiger partial charge on any atom is 0.183 e. The first-order valence-corrected chi connectivity index (χ1v) is 15.4. The zero-order valence-electron chi connectivity index (χ0n) is 27.4. The number of carbonyl (C=O) groups is 4. The van der Waals surface area contributed by atoms with E-state index in [9.17, 15) is 54.9 Å². The normalized spacial score (nSPS) is 14.5. The number of ether oxygens (including phenoxy) is 1. The van der Waals surface area contributed by atoms with Crippen molar-refractivity contribution in [1.82, 2.24) is 0 Å². The Bertz CT molecular complexity index is 1710. The maximum absolute atomic E-state index is 13.2. The zero-order valence-corrected chi connectivity index (χ0v) is 27.4. The highest BCUT2D eigenvalue weighted by atomic mass is 16.5. The molecule has 0 aliphatic heterocycles. The summed E-state index contributed by atoms with van der Waals surface area (Å²) in [7, 11) is 1.22. The standard InChI is InChI=1S/C35H42O12/c1-7-10-20(36)25-23(39)15-24(47-6)16(29(25)41)13-17-28(40)18(31(43)26(30(17)42)21(37)11-8-2)14-19-32(44)27(22(38)12-9-3)34(46)35(4,5)33(19)45/h15,39-45H,7-14H2,1-6H3. The number of carbonyl (C=O) groups excluding carboxylic acids is 4. The van der Waals surface area contributed by atoms with Crippen molar-refractivity contribution >= 4 is 23.1 Å². The summed E-state index contributed by atoms with van der Waals surface area (Å²) in [5.74, 6) is -8.19.